The van der Waals surface area contributed by atoms with Gasteiger partial charge in [0.05, 0.1) is 12.8 Å². The molecule has 2 saturated carbocycles. The van der Waals surface area contributed by atoms with Crippen molar-refractivity contribution in [3.05, 3.63) is 24.2 Å². The van der Waals surface area contributed by atoms with Gasteiger partial charge in [0.2, 0.25) is 5.91 Å². The zero-order valence-electron chi connectivity index (χ0n) is 11.4. The predicted molar refractivity (Wildman–Crippen MR) is 69.1 cm³/mol. The van der Waals surface area contributed by atoms with Crippen LogP contribution >= 0.6 is 0 Å². The zero-order chi connectivity index (χ0) is 13.7. The highest BCUT2D eigenvalue weighted by Crippen LogP contribution is 2.60. The number of fused-ring (bicyclic) bond motifs is 2. The van der Waals surface area contributed by atoms with E-state index in [0.717, 1.165) is 6.42 Å². The molecule has 2 unspecified atom stereocenters. The van der Waals surface area contributed by atoms with Crippen LogP contribution in [0.1, 0.15) is 38.9 Å². The molecule has 1 amide bonds. The van der Waals surface area contributed by atoms with Gasteiger partial charge in [-0.05, 0) is 37.3 Å². The SMILES string of the molecule is CC1(C)C(=O)C2(C(=O)NCc3ccco3)CCC1C2. The van der Waals surface area contributed by atoms with Gasteiger partial charge >= 0.3 is 0 Å². The van der Waals surface area contributed by atoms with Crippen molar-refractivity contribution < 1.29 is 14.0 Å². The van der Waals surface area contributed by atoms with E-state index in [1.54, 1.807) is 12.3 Å². The summed E-state index contributed by atoms with van der Waals surface area (Å²) in [6, 6.07) is 3.60. The van der Waals surface area contributed by atoms with Gasteiger partial charge in [0, 0.05) is 5.41 Å². The number of ketones is 1. The second-order valence-corrected chi connectivity index (χ2v) is 6.33. The molecule has 2 bridgehead atoms. The van der Waals surface area contributed by atoms with E-state index in [1.165, 1.54) is 0 Å². The zero-order valence-corrected chi connectivity index (χ0v) is 11.4. The van der Waals surface area contributed by atoms with Crippen molar-refractivity contribution in [2.75, 3.05) is 0 Å². The molecule has 2 aliphatic carbocycles. The molecule has 1 N–H and O–H groups in total. The largest absolute Gasteiger partial charge is 0.467 e. The summed E-state index contributed by atoms with van der Waals surface area (Å²) in [5.74, 6) is 1.06. The van der Waals surface area contributed by atoms with Crippen LogP contribution in [0.15, 0.2) is 22.8 Å². The van der Waals surface area contributed by atoms with Crippen LogP contribution in [0.25, 0.3) is 0 Å². The molecule has 0 radical (unpaired) electrons. The van der Waals surface area contributed by atoms with Gasteiger partial charge < -0.3 is 9.73 Å². The number of hydrogen-bond donors (Lipinski definition) is 1. The summed E-state index contributed by atoms with van der Waals surface area (Å²) >= 11 is 0. The fourth-order valence-electron chi connectivity index (χ4n) is 3.73. The standard InChI is InChI=1S/C15H19NO3/c1-14(2)10-5-6-15(8-10,12(14)17)13(18)16-9-11-4-3-7-19-11/h3-4,7,10H,5-6,8-9H2,1-2H3,(H,16,18). The number of carbonyl (C=O) groups is 2. The van der Waals surface area contributed by atoms with Gasteiger partial charge in [-0.25, -0.2) is 0 Å². The first-order valence-electron chi connectivity index (χ1n) is 6.82. The minimum atomic E-state index is -0.777. The van der Waals surface area contributed by atoms with E-state index in [2.05, 4.69) is 5.32 Å². The van der Waals surface area contributed by atoms with E-state index >= 15 is 0 Å². The van der Waals surface area contributed by atoms with Crippen molar-refractivity contribution in [1.29, 1.82) is 0 Å². The first kappa shape index (κ1) is 12.5. The lowest BCUT2D eigenvalue weighted by Gasteiger charge is -2.32. The Morgan fingerprint density at radius 1 is 1.53 bits per heavy atom. The van der Waals surface area contributed by atoms with Crippen LogP contribution in [0, 0.1) is 16.7 Å². The predicted octanol–water partition coefficient (Wildman–Crippen LogP) is 2.29. The first-order chi connectivity index (χ1) is 8.97. The number of furan rings is 1. The number of Topliss-reactive ketones (excluding diaryl/α,β-unsaturated/α-hetero) is 1. The average molecular weight is 261 g/mol. The molecule has 102 valence electrons. The number of amides is 1. The molecule has 4 nitrogen and oxygen atoms in total. The fourth-order valence-corrected chi connectivity index (χ4v) is 3.73. The van der Waals surface area contributed by atoms with Crippen molar-refractivity contribution >= 4 is 11.7 Å². The number of nitrogens with one attached hydrogen (secondary N) is 1. The molecule has 2 aliphatic rings. The quantitative estimate of drug-likeness (QED) is 0.849. The number of rotatable bonds is 3. The summed E-state index contributed by atoms with van der Waals surface area (Å²) in [6.07, 6.45) is 3.97. The third kappa shape index (κ3) is 1.66. The van der Waals surface area contributed by atoms with Crippen LogP contribution in [-0.4, -0.2) is 11.7 Å². The maximum absolute atomic E-state index is 12.5. The molecule has 0 saturated heterocycles. The Balaban J connectivity index is 1.75. The minimum Gasteiger partial charge on any atom is -0.467 e. The lowest BCUT2D eigenvalue weighted by molar-refractivity contribution is -0.145. The van der Waals surface area contributed by atoms with Crippen molar-refractivity contribution in [3.63, 3.8) is 0 Å². The molecule has 0 spiro atoms. The molecule has 1 aromatic heterocycles. The smallest absolute Gasteiger partial charge is 0.234 e. The van der Waals surface area contributed by atoms with Crippen LogP contribution in [0.3, 0.4) is 0 Å². The number of hydrogen-bond acceptors (Lipinski definition) is 3. The van der Waals surface area contributed by atoms with Crippen LogP contribution < -0.4 is 5.32 Å². The topological polar surface area (TPSA) is 59.3 Å². The van der Waals surface area contributed by atoms with E-state index < -0.39 is 5.41 Å². The second kappa shape index (κ2) is 3.95. The summed E-state index contributed by atoms with van der Waals surface area (Å²) < 4.78 is 5.19. The Kier molecular flexibility index (Phi) is 2.59. The highest BCUT2D eigenvalue weighted by molar-refractivity contribution is 6.10. The summed E-state index contributed by atoms with van der Waals surface area (Å²) in [6.45, 7) is 4.30. The highest BCUT2D eigenvalue weighted by atomic mass is 16.3. The summed E-state index contributed by atoms with van der Waals surface area (Å²) in [5, 5.41) is 2.86. The normalized spacial score (nSPS) is 31.7. The molecule has 0 aromatic carbocycles. The van der Waals surface area contributed by atoms with Crippen LogP contribution in [-0.2, 0) is 16.1 Å². The third-order valence-corrected chi connectivity index (χ3v) is 4.99. The lowest BCUT2D eigenvalue weighted by Crippen LogP contribution is -2.47. The molecule has 0 aliphatic heterocycles. The summed E-state index contributed by atoms with van der Waals surface area (Å²) in [5.41, 5.74) is -1.12. The number of carbonyl (C=O) groups excluding carboxylic acids is 2. The van der Waals surface area contributed by atoms with Crippen molar-refractivity contribution in [2.45, 2.75) is 39.7 Å². The molecule has 1 aromatic rings. The Morgan fingerprint density at radius 3 is 2.89 bits per heavy atom. The summed E-state index contributed by atoms with van der Waals surface area (Å²) in [4.78, 5) is 25.0. The monoisotopic (exact) mass is 261 g/mol. The molecule has 4 heteroatoms. The van der Waals surface area contributed by atoms with Gasteiger partial charge in [0.1, 0.15) is 11.2 Å². The lowest BCUT2D eigenvalue weighted by atomic mass is 9.70. The third-order valence-electron chi connectivity index (χ3n) is 4.99. The Bertz CT molecular complexity index is 518. The first-order valence-corrected chi connectivity index (χ1v) is 6.82. The van der Waals surface area contributed by atoms with E-state index in [1.807, 2.05) is 19.9 Å². The van der Waals surface area contributed by atoms with Gasteiger partial charge in [0.25, 0.3) is 0 Å². The molecule has 19 heavy (non-hydrogen) atoms. The summed E-state index contributed by atoms with van der Waals surface area (Å²) in [7, 11) is 0. The average Bonchev–Trinajstić information content (AvgIpc) is 3.07. The van der Waals surface area contributed by atoms with Gasteiger partial charge in [-0.3, -0.25) is 9.59 Å². The van der Waals surface area contributed by atoms with Gasteiger partial charge in [-0.15, -0.1) is 0 Å². The van der Waals surface area contributed by atoms with E-state index in [4.69, 9.17) is 4.42 Å². The molecule has 1 heterocycles. The maximum atomic E-state index is 12.5. The van der Waals surface area contributed by atoms with Crippen molar-refractivity contribution in [3.8, 4) is 0 Å². The second-order valence-electron chi connectivity index (χ2n) is 6.33. The molecular weight excluding hydrogens is 242 g/mol. The van der Waals surface area contributed by atoms with Crippen LogP contribution in [0.5, 0.6) is 0 Å². The van der Waals surface area contributed by atoms with Crippen LogP contribution in [0.2, 0.25) is 0 Å². The van der Waals surface area contributed by atoms with Crippen LogP contribution in [0.4, 0.5) is 0 Å². The van der Waals surface area contributed by atoms with Crippen molar-refractivity contribution in [2.24, 2.45) is 16.7 Å². The fraction of sp³-hybridized carbons (Fsp3) is 0.600. The molecular formula is C15H19NO3. The van der Waals surface area contributed by atoms with E-state index in [9.17, 15) is 9.59 Å². The highest BCUT2D eigenvalue weighted by Gasteiger charge is 2.64. The van der Waals surface area contributed by atoms with Crippen molar-refractivity contribution in [1.82, 2.24) is 5.32 Å². The Hall–Kier alpha value is -1.58. The Morgan fingerprint density at radius 2 is 2.32 bits per heavy atom. The molecule has 2 atom stereocenters. The maximum Gasteiger partial charge on any atom is 0.234 e. The molecule has 2 fully saturated rings. The minimum absolute atomic E-state index is 0.119. The van der Waals surface area contributed by atoms with Gasteiger partial charge in [0.15, 0.2) is 5.78 Å². The van der Waals surface area contributed by atoms with Gasteiger partial charge in [-0.2, -0.15) is 0 Å². The van der Waals surface area contributed by atoms with Gasteiger partial charge in [-0.1, -0.05) is 13.8 Å². The van der Waals surface area contributed by atoms with E-state index in [0.29, 0.717) is 31.1 Å². The van der Waals surface area contributed by atoms with E-state index in [-0.39, 0.29) is 17.1 Å². The molecule has 3 rings (SSSR count). The Labute approximate surface area is 112 Å².